The molecule has 1 aromatic rings. The van der Waals surface area contributed by atoms with E-state index >= 15 is 0 Å². The van der Waals surface area contributed by atoms with Gasteiger partial charge in [0.2, 0.25) is 6.41 Å². The second kappa shape index (κ2) is 14.3. The number of phenolic OH excluding ortho intramolecular Hbond substituents is 1. The molecule has 0 saturated carbocycles. The van der Waals surface area contributed by atoms with Crippen LogP contribution in [0.3, 0.4) is 0 Å². The van der Waals surface area contributed by atoms with Crippen molar-refractivity contribution in [2.45, 2.75) is 13.8 Å². The van der Waals surface area contributed by atoms with Crippen molar-refractivity contribution < 1.29 is 23.4 Å². The summed E-state index contributed by atoms with van der Waals surface area (Å²) >= 11 is 1.45. The number of nitrogens with two attached hydrogens (primary N) is 2. The van der Waals surface area contributed by atoms with E-state index in [4.69, 9.17) is 15.3 Å². The first-order valence-electron chi connectivity index (χ1n) is 8.22. The highest BCUT2D eigenvalue weighted by molar-refractivity contribution is 8.02. The number of primary amides is 1. The van der Waals surface area contributed by atoms with Crippen LogP contribution in [0.2, 0.25) is 0 Å². The number of benzene rings is 1. The van der Waals surface area contributed by atoms with Crippen LogP contribution in [0.5, 0.6) is 5.75 Å². The van der Waals surface area contributed by atoms with Gasteiger partial charge < -0.3 is 21.3 Å². The van der Waals surface area contributed by atoms with E-state index in [1.807, 2.05) is 0 Å². The average molecular weight is 413 g/mol. The summed E-state index contributed by atoms with van der Waals surface area (Å²) in [4.78, 5) is 8.58. The van der Waals surface area contributed by atoms with Crippen molar-refractivity contribution in [2.75, 3.05) is 19.0 Å². The van der Waals surface area contributed by atoms with E-state index in [2.05, 4.69) is 12.3 Å². The van der Waals surface area contributed by atoms with Crippen LogP contribution in [0, 0.1) is 0 Å². The second-order valence-corrected chi connectivity index (χ2v) is 6.30. The number of ether oxygens (including phenoxy) is 1. The molecule has 0 radical (unpaired) electrons. The summed E-state index contributed by atoms with van der Waals surface area (Å²) in [7, 11) is 0. The quantitative estimate of drug-likeness (QED) is 0.245. The van der Waals surface area contributed by atoms with Crippen LogP contribution in [0.15, 0.2) is 65.1 Å². The Morgan fingerprint density at radius 1 is 1.32 bits per heavy atom. The highest BCUT2D eigenvalue weighted by atomic mass is 32.2. The minimum Gasteiger partial charge on any atom is -0.508 e. The summed E-state index contributed by atoms with van der Waals surface area (Å²) in [5, 5.41) is 11.0. The number of carbonyl (C=O) groups is 1. The summed E-state index contributed by atoms with van der Waals surface area (Å²) in [5.74, 6) is 0.575. The van der Waals surface area contributed by atoms with Crippen LogP contribution in [-0.4, -0.2) is 30.6 Å². The molecule has 28 heavy (non-hydrogen) atoms. The number of halogens is 2. The van der Waals surface area contributed by atoms with Gasteiger partial charge in [-0.2, -0.15) is 0 Å². The molecule has 1 rings (SSSR count). The summed E-state index contributed by atoms with van der Waals surface area (Å²) < 4.78 is 32.1. The van der Waals surface area contributed by atoms with Gasteiger partial charge in [0, 0.05) is 17.0 Å². The zero-order valence-electron chi connectivity index (χ0n) is 16.0. The number of allylic oxidation sites excluding steroid dienone is 5. The number of hydrogen-bond acceptors (Lipinski definition) is 5. The second-order valence-electron chi connectivity index (χ2n) is 5.32. The maximum absolute atomic E-state index is 13.5. The summed E-state index contributed by atoms with van der Waals surface area (Å²) in [6.07, 6.45) is 1.30. The molecule has 0 aliphatic heterocycles. The molecule has 0 aliphatic carbocycles. The van der Waals surface area contributed by atoms with Gasteiger partial charge >= 0.3 is 0 Å². The minimum absolute atomic E-state index is 0.181. The predicted molar refractivity (Wildman–Crippen MR) is 112 cm³/mol. The molecule has 154 valence electrons. The van der Waals surface area contributed by atoms with Crippen LogP contribution in [0.25, 0.3) is 5.70 Å². The summed E-state index contributed by atoms with van der Waals surface area (Å²) in [6.45, 7) is 5.97. The number of phenols is 1. The van der Waals surface area contributed by atoms with E-state index in [0.29, 0.717) is 23.8 Å². The predicted octanol–water partition coefficient (Wildman–Crippen LogP) is 4.17. The number of rotatable bonds is 9. The molecular formula is C20H26F2N2O3S. The Hall–Kier alpha value is -2.74. The fraction of sp³-hybridized carbons (Fsp3) is 0.250. The highest BCUT2D eigenvalue weighted by Gasteiger charge is 2.10. The van der Waals surface area contributed by atoms with Gasteiger partial charge in [-0.15, -0.1) is 11.8 Å². The lowest BCUT2D eigenvalue weighted by Gasteiger charge is -2.12. The Morgan fingerprint density at radius 2 is 1.89 bits per heavy atom. The molecule has 0 aromatic heterocycles. The maximum atomic E-state index is 13.5. The zero-order chi connectivity index (χ0) is 21.5. The van der Waals surface area contributed by atoms with Gasteiger partial charge in [0.25, 0.3) is 0 Å². The molecule has 5 N–H and O–H groups in total. The van der Waals surface area contributed by atoms with Crippen LogP contribution < -0.4 is 11.5 Å². The van der Waals surface area contributed by atoms with Crippen molar-refractivity contribution in [3.8, 4) is 5.75 Å². The van der Waals surface area contributed by atoms with Crippen molar-refractivity contribution >= 4 is 23.9 Å². The van der Waals surface area contributed by atoms with Crippen molar-refractivity contribution in [1.29, 1.82) is 0 Å². The molecule has 0 spiro atoms. The lowest BCUT2D eigenvalue weighted by Crippen LogP contribution is -2.02. The van der Waals surface area contributed by atoms with E-state index in [1.165, 1.54) is 18.7 Å². The first-order valence-corrected chi connectivity index (χ1v) is 9.26. The normalized spacial score (nSPS) is 12.8. The number of carbonyl (C=O) groups excluding carboxylic acids is 1. The van der Waals surface area contributed by atoms with Gasteiger partial charge in [0.1, 0.15) is 18.3 Å². The lowest BCUT2D eigenvalue weighted by atomic mass is 10.1. The van der Waals surface area contributed by atoms with Crippen LogP contribution in [0.1, 0.15) is 19.4 Å². The lowest BCUT2D eigenvalue weighted by molar-refractivity contribution is -0.106. The van der Waals surface area contributed by atoms with Gasteiger partial charge in [0.05, 0.1) is 12.4 Å². The number of thioether (sulfide) groups is 1. The fourth-order valence-electron chi connectivity index (χ4n) is 1.96. The minimum atomic E-state index is -0.806. The van der Waals surface area contributed by atoms with E-state index in [9.17, 15) is 13.9 Å². The van der Waals surface area contributed by atoms with E-state index < -0.39 is 12.5 Å². The standard InChI is InChI=1S/C19H23F2NO2S.CH3NO/c1-4-18(21)13(2)17(11-20)14(3)24-9-10-25-12-19(22)15-5-7-16(23)8-6-15;2-1-3/h4-8,12,23H,1,9-11,22H2,2-3H3;1H,(H2,2,3)/b17-14+,18-13+,19-12-;. The Labute approximate surface area is 168 Å². The van der Waals surface area contributed by atoms with Crippen molar-refractivity contribution in [2.24, 2.45) is 11.5 Å². The molecule has 0 unspecified atom stereocenters. The van der Waals surface area contributed by atoms with E-state index in [1.54, 1.807) is 36.6 Å². The SMILES string of the molecule is C=C/C(F)=C(C)\C(CF)=C(/C)OCCS/C=C(\N)c1ccc(O)cc1.NC=O. The Kier molecular flexibility index (Phi) is 12.9. The third kappa shape index (κ3) is 9.27. The monoisotopic (exact) mass is 412 g/mol. The maximum Gasteiger partial charge on any atom is 0.204 e. The van der Waals surface area contributed by atoms with Crippen molar-refractivity contribution in [3.05, 3.63) is 70.6 Å². The first kappa shape index (κ1) is 25.3. The van der Waals surface area contributed by atoms with E-state index in [0.717, 1.165) is 11.6 Å². The zero-order valence-corrected chi connectivity index (χ0v) is 16.8. The van der Waals surface area contributed by atoms with Crippen LogP contribution in [-0.2, 0) is 9.53 Å². The molecule has 1 amide bonds. The number of aromatic hydroxyl groups is 1. The fourth-order valence-corrected chi connectivity index (χ4v) is 2.57. The van der Waals surface area contributed by atoms with Gasteiger partial charge in [-0.05, 0) is 60.7 Å². The molecule has 1 aromatic carbocycles. The van der Waals surface area contributed by atoms with Gasteiger partial charge in [-0.3, -0.25) is 4.79 Å². The van der Waals surface area contributed by atoms with Crippen molar-refractivity contribution in [1.82, 2.24) is 0 Å². The molecule has 0 heterocycles. The summed E-state index contributed by atoms with van der Waals surface area (Å²) in [5.41, 5.74) is 11.9. The van der Waals surface area contributed by atoms with E-state index in [-0.39, 0.29) is 23.3 Å². The largest absolute Gasteiger partial charge is 0.508 e. The van der Waals surface area contributed by atoms with Gasteiger partial charge in [0.15, 0.2) is 0 Å². The number of hydrogen-bond donors (Lipinski definition) is 3. The third-order valence-corrected chi connectivity index (χ3v) is 4.30. The number of amides is 1. The molecule has 0 aliphatic rings. The first-order chi connectivity index (χ1) is 13.3. The topological polar surface area (TPSA) is 98.6 Å². The number of alkyl halides is 1. The molecular weight excluding hydrogens is 386 g/mol. The molecule has 0 fully saturated rings. The Morgan fingerprint density at radius 3 is 2.39 bits per heavy atom. The molecule has 8 heteroatoms. The average Bonchev–Trinajstić information content (AvgIpc) is 2.68. The highest BCUT2D eigenvalue weighted by Crippen LogP contribution is 2.22. The smallest absolute Gasteiger partial charge is 0.204 e. The summed E-state index contributed by atoms with van der Waals surface area (Å²) in [6, 6.07) is 6.58. The molecule has 0 bridgehead atoms. The molecule has 5 nitrogen and oxygen atoms in total. The van der Waals surface area contributed by atoms with Crippen LogP contribution in [0.4, 0.5) is 8.78 Å². The third-order valence-electron chi connectivity index (χ3n) is 3.48. The van der Waals surface area contributed by atoms with Gasteiger partial charge in [-0.1, -0.05) is 6.58 Å². The Balaban J connectivity index is 0.00000227. The molecule has 0 saturated heterocycles. The Bertz CT molecular complexity index is 729. The van der Waals surface area contributed by atoms with Crippen LogP contribution >= 0.6 is 11.8 Å². The van der Waals surface area contributed by atoms with Crippen molar-refractivity contribution in [3.63, 3.8) is 0 Å². The molecule has 0 atom stereocenters. The van der Waals surface area contributed by atoms with Gasteiger partial charge in [-0.25, -0.2) is 8.78 Å².